The molecule has 0 radical (unpaired) electrons. The summed E-state index contributed by atoms with van der Waals surface area (Å²) in [6, 6.07) is 15.0. The third-order valence-corrected chi connectivity index (χ3v) is 6.63. The van der Waals surface area contributed by atoms with Gasteiger partial charge in [0.05, 0.1) is 6.04 Å². The van der Waals surface area contributed by atoms with Crippen LogP contribution in [0.15, 0.2) is 48.5 Å². The van der Waals surface area contributed by atoms with Crippen molar-refractivity contribution in [2.45, 2.75) is 51.5 Å². The first kappa shape index (κ1) is 29.3. The standard InChI is InChI=1S/C28H35N5O6/c1-17(12-14-25(35)31-29-3)27(37)30-24(18(2)34)13-15-26(36)32-33-28(38)39-16-23-21-10-6-4-8-19(21)20-9-5-7-11-22(20)23/h4-11,17,23-24,29H,12-16H2,1-3H3,(H,30,37)(H,31,35)(H,32,36)(H,33,38). The lowest BCUT2D eigenvalue weighted by molar-refractivity contribution is -0.130. The molecule has 2 atom stereocenters. The van der Waals surface area contributed by atoms with Gasteiger partial charge < -0.3 is 10.1 Å². The van der Waals surface area contributed by atoms with E-state index in [4.69, 9.17) is 4.74 Å². The molecule has 1 aliphatic carbocycles. The summed E-state index contributed by atoms with van der Waals surface area (Å²) in [6.45, 7) is 3.08. The lowest BCUT2D eigenvalue weighted by atomic mass is 9.98. The van der Waals surface area contributed by atoms with E-state index >= 15 is 0 Å². The minimum Gasteiger partial charge on any atom is -0.447 e. The van der Waals surface area contributed by atoms with E-state index in [9.17, 15) is 24.0 Å². The zero-order valence-corrected chi connectivity index (χ0v) is 22.3. The smallest absolute Gasteiger partial charge is 0.426 e. The maximum absolute atomic E-state index is 12.4. The van der Waals surface area contributed by atoms with E-state index in [1.165, 1.54) is 6.92 Å². The number of ether oxygens (including phenoxy) is 1. The number of benzene rings is 2. The number of Topliss-reactive ketones (excluding diaryl/α,β-unsaturated/α-hetero) is 1. The minimum atomic E-state index is -0.869. The molecule has 0 bridgehead atoms. The average molecular weight is 538 g/mol. The predicted molar refractivity (Wildman–Crippen MR) is 144 cm³/mol. The summed E-state index contributed by atoms with van der Waals surface area (Å²) >= 11 is 0. The molecule has 39 heavy (non-hydrogen) atoms. The maximum atomic E-state index is 12.4. The third kappa shape index (κ3) is 8.11. The molecular formula is C28H35N5O6. The fourth-order valence-corrected chi connectivity index (χ4v) is 4.46. The Balaban J connectivity index is 1.41. The van der Waals surface area contributed by atoms with Crippen LogP contribution in [0.25, 0.3) is 11.1 Å². The Morgan fingerprint density at radius 2 is 1.38 bits per heavy atom. The monoisotopic (exact) mass is 537 g/mol. The summed E-state index contributed by atoms with van der Waals surface area (Å²) in [5, 5.41) is 2.63. The van der Waals surface area contributed by atoms with Crippen LogP contribution in [-0.4, -0.2) is 49.3 Å². The van der Waals surface area contributed by atoms with Gasteiger partial charge in [-0.05, 0) is 42.0 Å². The van der Waals surface area contributed by atoms with Crippen molar-refractivity contribution in [3.05, 3.63) is 59.7 Å². The lowest BCUT2D eigenvalue weighted by Crippen LogP contribution is -2.45. The zero-order chi connectivity index (χ0) is 28.4. The van der Waals surface area contributed by atoms with Gasteiger partial charge >= 0.3 is 6.09 Å². The molecule has 1 aliphatic rings. The van der Waals surface area contributed by atoms with Crippen LogP contribution in [0.1, 0.15) is 56.6 Å². The molecule has 3 rings (SSSR count). The molecule has 0 saturated carbocycles. The molecule has 0 saturated heterocycles. The van der Waals surface area contributed by atoms with E-state index in [2.05, 4.69) is 27.0 Å². The highest BCUT2D eigenvalue weighted by atomic mass is 16.6. The van der Waals surface area contributed by atoms with Crippen LogP contribution in [0, 0.1) is 5.92 Å². The molecule has 11 nitrogen and oxygen atoms in total. The highest BCUT2D eigenvalue weighted by Crippen LogP contribution is 2.44. The Kier molecular flexibility index (Phi) is 10.6. The van der Waals surface area contributed by atoms with Gasteiger partial charge in [0, 0.05) is 31.7 Å². The Morgan fingerprint density at radius 3 is 1.97 bits per heavy atom. The number of hydrogen-bond donors (Lipinski definition) is 5. The fourth-order valence-electron chi connectivity index (χ4n) is 4.46. The van der Waals surface area contributed by atoms with Crippen LogP contribution >= 0.6 is 0 Å². The molecule has 2 unspecified atom stereocenters. The normalized spacial score (nSPS) is 13.3. The Hall–Kier alpha value is -4.25. The summed E-state index contributed by atoms with van der Waals surface area (Å²) in [4.78, 5) is 60.5. The quantitative estimate of drug-likeness (QED) is 0.260. The van der Waals surface area contributed by atoms with Crippen molar-refractivity contribution in [1.82, 2.24) is 27.0 Å². The Morgan fingerprint density at radius 1 is 0.821 bits per heavy atom. The number of fused-ring (bicyclic) bond motifs is 3. The number of ketones is 1. The van der Waals surface area contributed by atoms with Crippen molar-refractivity contribution in [2.24, 2.45) is 5.92 Å². The third-order valence-electron chi connectivity index (χ3n) is 6.63. The summed E-state index contributed by atoms with van der Waals surface area (Å²) in [5.41, 5.74) is 13.8. The van der Waals surface area contributed by atoms with Crippen LogP contribution in [0.5, 0.6) is 0 Å². The second-order valence-electron chi connectivity index (χ2n) is 9.45. The highest BCUT2D eigenvalue weighted by Gasteiger charge is 2.29. The largest absolute Gasteiger partial charge is 0.447 e. The van der Waals surface area contributed by atoms with E-state index in [1.807, 2.05) is 48.5 Å². The van der Waals surface area contributed by atoms with E-state index in [1.54, 1.807) is 14.0 Å². The molecule has 0 aromatic heterocycles. The first-order chi connectivity index (χ1) is 18.7. The Bertz CT molecular complexity index is 1170. The fraction of sp³-hybridized carbons (Fsp3) is 0.393. The number of carbonyl (C=O) groups excluding carboxylic acids is 5. The van der Waals surface area contributed by atoms with Gasteiger partial charge in [-0.2, -0.15) is 0 Å². The molecule has 11 heteroatoms. The summed E-state index contributed by atoms with van der Waals surface area (Å²) in [5.74, 6) is -2.09. The first-order valence-electron chi connectivity index (χ1n) is 12.9. The van der Waals surface area contributed by atoms with Gasteiger partial charge in [-0.3, -0.25) is 30.0 Å². The SMILES string of the molecule is CNNC(=O)CCC(C)C(=O)NC(CCC(=O)NNC(=O)OCC1c2ccccc2-c2ccccc21)C(C)=O. The van der Waals surface area contributed by atoms with Crippen LogP contribution in [0.2, 0.25) is 0 Å². The number of carbonyl (C=O) groups is 5. The first-order valence-corrected chi connectivity index (χ1v) is 12.9. The molecule has 0 fully saturated rings. The van der Waals surface area contributed by atoms with Crippen molar-refractivity contribution in [3.63, 3.8) is 0 Å². The Labute approximate surface area is 227 Å². The van der Waals surface area contributed by atoms with Crippen molar-refractivity contribution in [1.29, 1.82) is 0 Å². The zero-order valence-electron chi connectivity index (χ0n) is 22.3. The number of hydrazine groups is 2. The van der Waals surface area contributed by atoms with Crippen molar-refractivity contribution in [3.8, 4) is 11.1 Å². The molecule has 5 N–H and O–H groups in total. The molecule has 0 spiro atoms. The molecule has 208 valence electrons. The lowest BCUT2D eigenvalue weighted by Gasteiger charge is -2.19. The van der Waals surface area contributed by atoms with Gasteiger partial charge in [-0.25, -0.2) is 15.6 Å². The van der Waals surface area contributed by atoms with E-state index in [-0.39, 0.29) is 49.4 Å². The number of hydrogen-bond acceptors (Lipinski definition) is 7. The van der Waals surface area contributed by atoms with Gasteiger partial charge in [-0.15, -0.1) is 0 Å². The van der Waals surface area contributed by atoms with Gasteiger partial charge in [0.25, 0.3) is 0 Å². The predicted octanol–water partition coefficient (Wildman–Crippen LogP) is 2.08. The van der Waals surface area contributed by atoms with Crippen LogP contribution in [0.4, 0.5) is 4.79 Å². The summed E-state index contributed by atoms with van der Waals surface area (Å²) in [6.07, 6.45) is -0.435. The second kappa shape index (κ2) is 14.1. The number of rotatable bonds is 12. The van der Waals surface area contributed by atoms with Gasteiger partial charge in [0.15, 0.2) is 5.78 Å². The molecule has 4 amide bonds. The molecule has 2 aromatic carbocycles. The maximum Gasteiger partial charge on any atom is 0.426 e. The molecule has 2 aromatic rings. The van der Waals surface area contributed by atoms with E-state index in [0.717, 1.165) is 22.3 Å². The van der Waals surface area contributed by atoms with E-state index in [0.29, 0.717) is 6.42 Å². The van der Waals surface area contributed by atoms with Crippen molar-refractivity contribution >= 4 is 29.6 Å². The minimum absolute atomic E-state index is 0.0479. The van der Waals surface area contributed by atoms with Crippen LogP contribution in [-0.2, 0) is 23.9 Å². The number of nitrogens with one attached hydrogen (secondary N) is 5. The molecular weight excluding hydrogens is 502 g/mol. The second-order valence-corrected chi connectivity index (χ2v) is 9.45. The van der Waals surface area contributed by atoms with Gasteiger partial charge in [-0.1, -0.05) is 55.5 Å². The van der Waals surface area contributed by atoms with Crippen LogP contribution < -0.4 is 27.0 Å². The van der Waals surface area contributed by atoms with Gasteiger partial charge in [0.1, 0.15) is 6.61 Å². The van der Waals surface area contributed by atoms with Crippen molar-refractivity contribution in [2.75, 3.05) is 13.7 Å². The van der Waals surface area contributed by atoms with Crippen LogP contribution in [0.3, 0.4) is 0 Å². The number of amides is 4. The molecule has 0 heterocycles. The summed E-state index contributed by atoms with van der Waals surface area (Å²) in [7, 11) is 1.56. The highest BCUT2D eigenvalue weighted by molar-refractivity contribution is 5.89. The van der Waals surface area contributed by atoms with Gasteiger partial charge in [0.2, 0.25) is 17.7 Å². The topological polar surface area (TPSA) is 155 Å². The van der Waals surface area contributed by atoms with Crippen molar-refractivity contribution < 1.29 is 28.7 Å². The molecule has 0 aliphatic heterocycles. The average Bonchev–Trinajstić information content (AvgIpc) is 3.25. The van der Waals surface area contributed by atoms with E-state index < -0.39 is 24.0 Å². The summed E-state index contributed by atoms with van der Waals surface area (Å²) < 4.78 is 5.38.